The normalized spacial score (nSPS) is 26.7. The molecule has 1 saturated carbocycles. The van der Waals surface area contributed by atoms with Gasteiger partial charge in [0.15, 0.2) is 9.84 Å². The molecule has 23 heavy (non-hydrogen) atoms. The van der Waals surface area contributed by atoms with Crippen LogP contribution < -0.4 is 5.73 Å². The summed E-state index contributed by atoms with van der Waals surface area (Å²) in [7, 11) is -3.83. The molecule has 6 heteroatoms. The van der Waals surface area contributed by atoms with Crippen LogP contribution in [0.5, 0.6) is 0 Å². The van der Waals surface area contributed by atoms with Crippen LogP contribution >= 0.6 is 0 Å². The molecule has 0 aromatic heterocycles. The lowest BCUT2D eigenvalue weighted by molar-refractivity contribution is -0.139. The SMILES string of the molecule is Cc1ccc([C@@H]2[C@@H](S(=O)(=O)c3ccccc3)[C@@]2(N)C(=O)O)cc1. The molecule has 2 aromatic carbocycles. The molecule has 0 bridgehead atoms. The Bertz CT molecular complexity index is 846. The highest BCUT2D eigenvalue weighted by molar-refractivity contribution is 7.92. The van der Waals surface area contributed by atoms with Crippen molar-refractivity contribution in [3.05, 3.63) is 65.7 Å². The van der Waals surface area contributed by atoms with Gasteiger partial charge in [-0.2, -0.15) is 0 Å². The molecule has 0 unspecified atom stereocenters. The molecule has 1 fully saturated rings. The van der Waals surface area contributed by atoms with Crippen molar-refractivity contribution in [1.82, 2.24) is 0 Å². The van der Waals surface area contributed by atoms with Crippen LogP contribution in [0.25, 0.3) is 0 Å². The predicted octanol–water partition coefficient (Wildman–Crippen LogP) is 1.72. The molecule has 3 atom stereocenters. The minimum absolute atomic E-state index is 0.0932. The monoisotopic (exact) mass is 331 g/mol. The fourth-order valence-electron chi connectivity index (χ4n) is 3.05. The number of benzene rings is 2. The molecule has 120 valence electrons. The molecule has 1 aliphatic carbocycles. The van der Waals surface area contributed by atoms with Gasteiger partial charge in [-0.05, 0) is 24.6 Å². The van der Waals surface area contributed by atoms with E-state index in [1.807, 2.05) is 19.1 Å². The molecule has 0 aliphatic heterocycles. The number of nitrogens with two attached hydrogens (primary N) is 1. The molecule has 0 heterocycles. The van der Waals surface area contributed by atoms with Crippen molar-refractivity contribution in [1.29, 1.82) is 0 Å². The Hall–Kier alpha value is -2.18. The smallest absolute Gasteiger partial charge is 0.325 e. The summed E-state index contributed by atoms with van der Waals surface area (Å²) in [5.41, 5.74) is 5.83. The van der Waals surface area contributed by atoms with Crippen LogP contribution in [0.1, 0.15) is 17.0 Å². The molecule has 3 rings (SSSR count). The Labute approximate surface area is 134 Å². The zero-order valence-electron chi connectivity index (χ0n) is 12.5. The summed E-state index contributed by atoms with van der Waals surface area (Å²) in [4.78, 5) is 11.7. The van der Waals surface area contributed by atoms with Crippen LogP contribution in [-0.4, -0.2) is 30.3 Å². The summed E-state index contributed by atoms with van der Waals surface area (Å²) in [6, 6.07) is 15.0. The number of hydrogen-bond donors (Lipinski definition) is 2. The van der Waals surface area contributed by atoms with Gasteiger partial charge < -0.3 is 10.8 Å². The number of aryl methyl sites for hydroxylation is 1. The average molecular weight is 331 g/mol. The van der Waals surface area contributed by atoms with E-state index in [0.717, 1.165) is 5.56 Å². The molecular formula is C17H17NO4S. The maximum atomic E-state index is 12.8. The van der Waals surface area contributed by atoms with E-state index < -0.39 is 32.5 Å². The lowest BCUT2D eigenvalue weighted by Crippen LogP contribution is -2.39. The number of carboxylic acid groups (broad SMARTS) is 1. The minimum Gasteiger partial charge on any atom is -0.480 e. The van der Waals surface area contributed by atoms with Crippen molar-refractivity contribution >= 4 is 15.8 Å². The predicted molar refractivity (Wildman–Crippen MR) is 85.9 cm³/mol. The fraction of sp³-hybridized carbons (Fsp3) is 0.235. The number of carbonyl (C=O) groups is 1. The van der Waals surface area contributed by atoms with Gasteiger partial charge in [0.25, 0.3) is 0 Å². The molecule has 0 radical (unpaired) electrons. The second-order valence-electron chi connectivity index (χ2n) is 5.91. The first-order chi connectivity index (χ1) is 10.8. The second-order valence-corrected chi connectivity index (χ2v) is 7.97. The van der Waals surface area contributed by atoms with E-state index in [2.05, 4.69) is 0 Å². The molecule has 0 spiro atoms. The highest BCUT2D eigenvalue weighted by Gasteiger charge is 2.74. The van der Waals surface area contributed by atoms with E-state index in [0.29, 0.717) is 5.56 Å². The first-order valence-corrected chi connectivity index (χ1v) is 8.72. The van der Waals surface area contributed by atoms with Crippen molar-refractivity contribution in [2.24, 2.45) is 5.73 Å². The van der Waals surface area contributed by atoms with Gasteiger partial charge in [0.05, 0.1) is 4.90 Å². The maximum absolute atomic E-state index is 12.8. The van der Waals surface area contributed by atoms with E-state index in [-0.39, 0.29) is 4.90 Å². The molecular weight excluding hydrogens is 314 g/mol. The van der Waals surface area contributed by atoms with Gasteiger partial charge in [0.2, 0.25) is 0 Å². The van der Waals surface area contributed by atoms with E-state index in [4.69, 9.17) is 5.73 Å². The summed E-state index contributed by atoms with van der Waals surface area (Å²) < 4.78 is 25.6. The van der Waals surface area contributed by atoms with E-state index in [1.54, 1.807) is 30.3 Å². The van der Waals surface area contributed by atoms with Gasteiger partial charge >= 0.3 is 5.97 Å². The summed E-state index contributed by atoms with van der Waals surface area (Å²) >= 11 is 0. The lowest BCUT2D eigenvalue weighted by atomic mass is 10.1. The standard InChI is InChI=1S/C17H17NO4S/c1-11-7-9-12(10-8-11)14-15(17(14,18)16(19)20)23(21,22)13-5-3-2-4-6-13/h2-10,14-15H,18H2,1H3,(H,19,20)/t14-,15-,17-/m1/s1. The zero-order chi connectivity index (χ0) is 16.8. The van der Waals surface area contributed by atoms with Crippen LogP contribution in [0.3, 0.4) is 0 Å². The zero-order valence-corrected chi connectivity index (χ0v) is 13.3. The van der Waals surface area contributed by atoms with Gasteiger partial charge in [-0.15, -0.1) is 0 Å². The van der Waals surface area contributed by atoms with Gasteiger partial charge in [0, 0.05) is 5.92 Å². The van der Waals surface area contributed by atoms with Crippen LogP contribution in [0.2, 0.25) is 0 Å². The van der Waals surface area contributed by atoms with Crippen LogP contribution in [0.15, 0.2) is 59.5 Å². The fourth-order valence-corrected chi connectivity index (χ4v) is 5.30. The first-order valence-electron chi connectivity index (χ1n) is 7.17. The maximum Gasteiger partial charge on any atom is 0.325 e. The lowest BCUT2D eigenvalue weighted by Gasteiger charge is -2.06. The summed E-state index contributed by atoms with van der Waals surface area (Å²) in [5, 5.41) is 8.32. The quantitative estimate of drug-likeness (QED) is 0.889. The Morgan fingerprint density at radius 3 is 2.17 bits per heavy atom. The van der Waals surface area contributed by atoms with Crippen LogP contribution in [0, 0.1) is 6.92 Å². The third-order valence-electron chi connectivity index (χ3n) is 4.39. The molecule has 0 amide bonds. The Kier molecular flexibility index (Phi) is 3.54. The summed E-state index contributed by atoms with van der Waals surface area (Å²) in [6.07, 6.45) is 0. The molecule has 5 nitrogen and oxygen atoms in total. The minimum atomic E-state index is -3.83. The Balaban J connectivity index is 2.07. The van der Waals surface area contributed by atoms with Crippen molar-refractivity contribution < 1.29 is 18.3 Å². The van der Waals surface area contributed by atoms with Gasteiger partial charge in [-0.3, -0.25) is 4.79 Å². The van der Waals surface area contributed by atoms with E-state index in [1.165, 1.54) is 12.1 Å². The third-order valence-corrected chi connectivity index (χ3v) is 6.65. The van der Waals surface area contributed by atoms with Crippen LogP contribution in [0.4, 0.5) is 0 Å². The summed E-state index contributed by atoms with van der Waals surface area (Å²) in [6.45, 7) is 1.90. The summed E-state index contributed by atoms with van der Waals surface area (Å²) in [5.74, 6) is -2.06. The van der Waals surface area contributed by atoms with Crippen molar-refractivity contribution in [2.45, 2.75) is 28.5 Å². The largest absolute Gasteiger partial charge is 0.480 e. The van der Waals surface area contributed by atoms with Crippen LogP contribution in [-0.2, 0) is 14.6 Å². The number of aliphatic carboxylic acids is 1. The van der Waals surface area contributed by atoms with E-state index >= 15 is 0 Å². The molecule has 2 aromatic rings. The number of sulfone groups is 1. The molecule has 0 saturated heterocycles. The highest BCUT2D eigenvalue weighted by Crippen LogP contribution is 2.55. The van der Waals surface area contributed by atoms with Crippen molar-refractivity contribution in [3.8, 4) is 0 Å². The van der Waals surface area contributed by atoms with Gasteiger partial charge in [0.1, 0.15) is 10.8 Å². The first kappa shape index (κ1) is 15.7. The van der Waals surface area contributed by atoms with Gasteiger partial charge in [-0.25, -0.2) is 8.42 Å². The number of hydrogen-bond acceptors (Lipinski definition) is 4. The number of carboxylic acids is 1. The third kappa shape index (κ3) is 2.34. The topological polar surface area (TPSA) is 97.5 Å². The Morgan fingerprint density at radius 2 is 1.65 bits per heavy atom. The number of rotatable bonds is 4. The molecule has 3 N–H and O–H groups in total. The second kappa shape index (κ2) is 5.18. The highest BCUT2D eigenvalue weighted by atomic mass is 32.2. The average Bonchev–Trinajstić information content (AvgIpc) is 3.18. The van der Waals surface area contributed by atoms with E-state index in [9.17, 15) is 18.3 Å². The van der Waals surface area contributed by atoms with Crippen molar-refractivity contribution in [2.75, 3.05) is 0 Å². The molecule has 1 aliphatic rings. The Morgan fingerprint density at radius 1 is 1.09 bits per heavy atom. The van der Waals surface area contributed by atoms with Crippen molar-refractivity contribution in [3.63, 3.8) is 0 Å². The van der Waals surface area contributed by atoms with Gasteiger partial charge in [-0.1, -0.05) is 48.0 Å².